The van der Waals surface area contributed by atoms with Gasteiger partial charge in [-0.05, 0) is 30.8 Å². The molecule has 22 heavy (non-hydrogen) atoms. The van der Waals surface area contributed by atoms with Crippen LogP contribution in [0.15, 0.2) is 23.3 Å². The van der Waals surface area contributed by atoms with E-state index in [1.54, 1.807) is 0 Å². The van der Waals surface area contributed by atoms with Crippen molar-refractivity contribution in [3.05, 3.63) is 33.9 Å². The van der Waals surface area contributed by atoms with Gasteiger partial charge >= 0.3 is 5.97 Å². The van der Waals surface area contributed by atoms with Gasteiger partial charge < -0.3 is 15.6 Å². The van der Waals surface area contributed by atoms with Crippen LogP contribution in [0.3, 0.4) is 0 Å². The maximum absolute atomic E-state index is 10.9. The van der Waals surface area contributed by atoms with Crippen LogP contribution in [0.2, 0.25) is 0 Å². The van der Waals surface area contributed by atoms with Crippen LogP contribution in [0.25, 0.3) is 0 Å². The lowest BCUT2D eigenvalue weighted by Crippen LogP contribution is -2.24. The Balaban J connectivity index is 2.80. The SMILES string of the molecule is NC(=S)NN=Cc1cc(OCCCC(=O)O)ccc1[N+](=O)[O-]. The highest BCUT2D eigenvalue weighted by atomic mass is 32.1. The number of carboxylic acids is 1. The number of hydrogen-bond acceptors (Lipinski definition) is 6. The summed E-state index contributed by atoms with van der Waals surface area (Å²) in [6.45, 7) is 0.186. The molecule has 1 aromatic carbocycles. The number of nitrogens with one attached hydrogen (secondary N) is 1. The van der Waals surface area contributed by atoms with Gasteiger partial charge in [0.05, 0.1) is 23.3 Å². The lowest BCUT2D eigenvalue weighted by atomic mass is 10.2. The molecule has 0 amide bonds. The van der Waals surface area contributed by atoms with E-state index in [2.05, 4.69) is 22.7 Å². The molecule has 0 bridgehead atoms. The van der Waals surface area contributed by atoms with Gasteiger partial charge in [-0.25, -0.2) is 0 Å². The summed E-state index contributed by atoms with van der Waals surface area (Å²) in [7, 11) is 0. The van der Waals surface area contributed by atoms with E-state index < -0.39 is 10.9 Å². The van der Waals surface area contributed by atoms with E-state index in [0.29, 0.717) is 12.2 Å². The molecule has 0 unspecified atom stereocenters. The van der Waals surface area contributed by atoms with Crippen molar-refractivity contribution >= 4 is 35.2 Å². The minimum absolute atomic E-state index is 0.0147. The van der Waals surface area contributed by atoms with Crippen molar-refractivity contribution in [3.63, 3.8) is 0 Å². The number of hydrazone groups is 1. The van der Waals surface area contributed by atoms with Crippen molar-refractivity contribution in [3.8, 4) is 5.75 Å². The maximum Gasteiger partial charge on any atom is 0.303 e. The average Bonchev–Trinajstić information content (AvgIpc) is 2.43. The van der Waals surface area contributed by atoms with Crippen LogP contribution in [-0.4, -0.2) is 33.9 Å². The molecule has 0 aromatic heterocycles. The molecule has 0 saturated heterocycles. The first-order valence-corrected chi connectivity index (χ1v) is 6.52. The number of benzene rings is 1. The Morgan fingerprint density at radius 1 is 1.59 bits per heavy atom. The molecule has 0 spiro atoms. The van der Waals surface area contributed by atoms with Crippen molar-refractivity contribution in [1.29, 1.82) is 0 Å². The van der Waals surface area contributed by atoms with E-state index >= 15 is 0 Å². The third-order valence-electron chi connectivity index (χ3n) is 2.38. The van der Waals surface area contributed by atoms with Crippen LogP contribution in [0.5, 0.6) is 5.75 Å². The van der Waals surface area contributed by atoms with Crippen LogP contribution in [-0.2, 0) is 4.79 Å². The van der Waals surface area contributed by atoms with E-state index in [-0.39, 0.29) is 29.4 Å². The Morgan fingerprint density at radius 3 is 2.91 bits per heavy atom. The monoisotopic (exact) mass is 326 g/mol. The molecular formula is C12H14N4O5S. The fourth-order valence-corrected chi connectivity index (χ4v) is 1.52. The van der Waals surface area contributed by atoms with Crippen molar-refractivity contribution in [2.45, 2.75) is 12.8 Å². The second-order valence-electron chi connectivity index (χ2n) is 4.06. The van der Waals surface area contributed by atoms with Crippen LogP contribution in [0.4, 0.5) is 5.69 Å². The lowest BCUT2D eigenvalue weighted by Gasteiger charge is -2.06. The molecule has 0 fully saturated rings. The molecule has 0 atom stereocenters. The van der Waals surface area contributed by atoms with Gasteiger partial charge in [-0.2, -0.15) is 5.10 Å². The predicted molar refractivity (Wildman–Crippen MR) is 83.0 cm³/mol. The smallest absolute Gasteiger partial charge is 0.303 e. The molecule has 1 rings (SSSR count). The highest BCUT2D eigenvalue weighted by molar-refractivity contribution is 7.80. The Morgan fingerprint density at radius 2 is 2.32 bits per heavy atom. The standard InChI is InChI=1S/C12H14N4O5S/c13-12(22)15-14-7-8-6-9(3-4-10(8)16(19)20)21-5-1-2-11(17)18/h3-4,6-7H,1-2,5H2,(H,17,18)(H3,13,15,22). The van der Waals surface area contributed by atoms with E-state index in [0.717, 1.165) is 0 Å². The highest BCUT2D eigenvalue weighted by Crippen LogP contribution is 2.22. The van der Waals surface area contributed by atoms with Crippen LogP contribution in [0, 0.1) is 10.1 Å². The zero-order valence-corrected chi connectivity index (χ0v) is 12.2. The number of carbonyl (C=O) groups is 1. The number of nitro groups is 1. The number of nitrogens with two attached hydrogens (primary N) is 1. The molecule has 0 aliphatic rings. The van der Waals surface area contributed by atoms with Crippen molar-refractivity contribution < 1.29 is 19.6 Å². The van der Waals surface area contributed by atoms with Crippen LogP contribution >= 0.6 is 12.2 Å². The molecule has 118 valence electrons. The minimum Gasteiger partial charge on any atom is -0.494 e. The summed E-state index contributed by atoms with van der Waals surface area (Å²) in [6, 6.07) is 4.12. The topological polar surface area (TPSA) is 140 Å². The first-order valence-electron chi connectivity index (χ1n) is 6.11. The number of carboxylic acid groups (broad SMARTS) is 1. The van der Waals surface area contributed by atoms with Gasteiger partial charge in [0.1, 0.15) is 5.75 Å². The van der Waals surface area contributed by atoms with E-state index in [4.69, 9.17) is 15.6 Å². The van der Waals surface area contributed by atoms with Gasteiger partial charge in [0.15, 0.2) is 5.11 Å². The van der Waals surface area contributed by atoms with Gasteiger partial charge in [0.25, 0.3) is 5.69 Å². The fourth-order valence-electron chi connectivity index (χ4n) is 1.47. The predicted octanol–water partition coefficient (Wildman–Crippen LogP) is 1.01. The van der Waals surface area contributed by atoms with Crippen molar-refractivity contribution in [1.82, 2.24) is 5.43 Å². The second-order valence-corrected chi connectivity index (χ2v) is 4.50. The minimum atomic E-state index is -0.913. The Bertz CT molecular complexity index is 605. The third kappa shape index (κ3) is 6.13. The van der Waals surface area contributed by atoms with Gasteiger partial charge in [0, 0.05) is 12.5 Å². The average molecular weight is 326 g/mol. The Kier molecular flexibility index (Phi) is 6.70. The van der Waals surface area contributed by atoms with Gasteiger partial charge in [-0.3, -0.25) is 20.3 Å². The van der Waals surface area contributed by atoms with Crippen molar-refractivity contribution in [2.24, 2.45) is 10.8 Å². The number of hydrogen-bond donors (Lipinski definition) is 3. The van der Waals surface area contributed by atoms with Gasteiger partial charge in [-0.15, -0.1) is 0 Å². The number of nitro benzene ring substituents is 1. The molecule has 0 heterocycles. The number of nitrogens with zero attached hydrogens (tertiary/aromatic N) is 2. The number of ether oxygens (including phenoxy) is 1. The number of rotatable bonds is 8. The first kappa shape index (κ1) is 17.3. The molecule has 10 heteroatoms. The Hall–Kier alpha value is -2.75. The molecule has 9 nitrogen and oxygen atoms in total. The third-order valence-corrected chi connectivity index (χ3v) is 2.47. The molecule has 0 aliphatic carbocycles. The quantitative estimate of drug-likeness (QED) is 0.211. The number of aliphatic carboxylic acids is 1. The summed E-state index contributed by atoms with van der Waals surface area (Å²) in [5.74, 6) is -0.545. The van der Waals surface area contributed by atoms with Crippen LogP contribution < -0.4 is 15.9 Å². The Labute approximate surface area is 130 Å². The van der Waals surface area contributed by atoms with E-state index in [1.165, 1.54) is 24.4 Å². The van der Waals surface area contributed by atoms with E-state index in [1.807, 2.05) is 0 Å². The zero-order valence-electron chi connectivity index (χ0n) is 11.4. The first-order chi connectivity index (χ1) is 10.4. The molecule has 0 saturated carbocycles. The molecule has 0 aliphatic heterocycles. The summed E-state index contributed by atoms with van der Waals surface area (Å²) in [4.78, 5) is 20.8. The summed E-state index contributed by atoms with van der Waals surface area (Å²) in [5, 5.41) is 23.0. The fraction of sp³-hybridized carbons (Fsp3) is 0.250. The van der Waals surface area contributed by atoms with E-state index in [9.17, 15) is 14.9 Å². The second kappa shape index (κ2) is 8.52. The van der Waals surface area contributed by atoms with Gasteiger partial charge in [-0.1, -0.05) is 0 Å². The lowest BCUT2D eigenvalue weighted by molar-refractivity contribution is -0.385. The largest absolute Gasteiger partial charge is 0.494 e. The molecule has 4 N–H and O–H groups in total. The van der Waals surface area contributed by atoms with Crippen molar-refractivity contribution in [2.75, 3.05) is 6.61 Å². The zero-order chi connectivity index (χ0) is 16.5. The highest BCUT2D eigenvalue weighted by Gasteiger charge is 2.13. The summed E-state index contributed by atoms with van der Waals surface area (Å²) in [5.41, 5.74) is 7.52. The maximum atomic E-state index is 10.9. The summed E-state index contributed by atoms with van der Waals surface area (Å²) < 4.78 is 5.34. The number of thiocarbonyl (C=S) groups is 1. The normalized spacial score (nSPS) is 10.4. The van der Waals surface area contributed by atoms with Gasteiger partial charge in [0.2, 0.25) is 0 Å². The summed E-state index contributed by atoms with van der Waals surface area (Å²) >= 11 is 4.56. The summed E-state index contributed by atoms with van der Waals surface area (Å²) in [6.07, 6.45) is 1.51. The molecule has 1 aromatic rings. The molecule has 0 radical (unpaired) electrons. The molecular weight excluding hydrogens is 312 g/mol. The van der Waals surface area contributed by atoms with Crippen LogP contribution in [0.1, 0.15) is 18.4 Å².